The lowest BCUT2D eigenvalue weighted by Crippen LogP contribution is -2.32. The second kappa shape index (κ2) is 10.1. The molecule has 0 bridgehead atoms. The Morgan fingerprint density at radius 1 is 1.21 bits per heavy atom. The number of nitrogens with zero attached hydrogens (tertiary/aromatic N) is 4. The Kier molecular flexibility index (Phi) is 6.96. The fraction of sp³-hybridized carbons (Fsp3) is 0.423. The van der Waals surface area contributed by atoms with Crippen molar-refractivity contribution in [3.05, 3.63) is 54.2 Å². The topological polar surface area (TPSA) is 95.5 Å². The monoisotopic (exact) mass is 444 g/mol. The van der Waals surface area contributed by atoms with Crippen LogP contribution >= 0.6 is 0 Å². The van der Waals surface area contributed by atoms with Crippen molar-refractivity contribution in [2.45, 2.75) is 51.6 Å². The number of amides is 1. The highest BCUT2D eigenvalue weighted by molar-refractivity contribution is 6.02. The van der Waals surface area contributed by atoms with E-state index in [1.54, 1.807) is 0 Å². The first-order chi connectivity index (χ1) is 16.0. The molecule has 33 heavy (non-hydrogen) atoms. The van der Waals surface area contributed by atoms with Crippen LogP contribution in [-0.2, 0) is 11.8 Å². The molecular weight excluding hydrogens is 412 g/mol. The quantitative estimate of drug-likeness (QED) is 0.371. The number of fused-ring (bicyclic) bond motifs is 1. The fourth-order valence-corrected chi connectivity index (χ4v) is 4.73. The van der Waals surface area contributed by atoms with Gasteiger partial charge in [0.25, 0.3) is 0 Å². The van der Waals surface area contributed by atoms with E-state index in [0.717, 1.165) is 52.6 Å². The van der Waals surface area contributed by atoms with Crippen LogP contribution in [0, 0.1) is 11.4 Å². The van der Waals surface area contributed by atoms with Gasteiger partial charge in [-0.25, -0.2) is 5.53 Å². The highest BCUT2D eigenvalue weighted by Gasteiger charge is 2.29. The van der Waals surface area contributed by atoms with Crippen LogP contribution < -0.4 is 5.32 Å². The second-order valence-electron chi connectivity index (χ2n) is 8.94. The maximum atomic E-state index is 11.7. The summed E-state index contributed by atoms with van der Waals surface area (Å²) < 4.78 is 1.89. The number of aromatic nitrogens is 2. The van der Waals surface area contributed by atoms with Crippen molar-refractivity contribution in [2.24, 2.45) is 23.1 Å². The minimum atomic E-state index is 0.119. The Balaban J connectivity index is 1.50. The zero-order chi connectivity index (χ0) is 23.4. The molecule has 1 aliphatic carbocycles. The van der Waals surface area contributed by atoms with Gasteiger partial charge >= 0.3 is 0 Å². The van der Waals surface area contributed by atoms with E-state index in [0.29, 0.717) is 12.3 Å². The number of carbonyl (C=O) groups is 1. The summed E-state index contributed by atoms with van der Waals surface area (Å²) in [6, 6.07) is 15.1. The molecule has 3 unspecified atom stereocenters. The number of carbonyl (C=O) groups excluding carboxylic acids is 1. The summed E-state index contributed by atoms with van der Waals surface area (Å²) in [5.74, 6) is 0.547. The van der Waals surface area contributed by atoms with Crippen molar-refractivity contribution < 1.29 is 4.79 Å². The Bertz CT molecular complexity index is 1160. The third-order valence-corrected chi connectivity index (χ3v) is 6.73. The van der Waals surface area contributed by atoms with E-state index < -0.39 is 0 Å². The number of nitrogens with one attached hydrogen (secondary N) is 2. The van der Waals surface area contributed by atoms with E-state index in [2.05, 4.69) is 64.9 Å². The van der Waals surface area contributed by atoms with Crippen LogP contribution in [0.15, 0.2) is 58.8 Å². The van der Waals surface area contributed by atoms with E-state index in [-0.39, 0.29) is 24.5 Å². The zero-order valence-corrected chi connectivity index (χ0v) is 19.6. The first-order valence-corrected chi connectivity index (χ1v) is 11.7. The Morgan fingerprint density at radius 3 is 2.70 bits per heavy atom. The summed E-state index contributed by atoms with van der Waals surface area (Å²) in [4.78, 5) is 16.7. The standard InChI is InChI=1S/C26H32N6O/c1-4-26(33)31-23-12-11-20(13-23)17(2)30-24(16-28-27)19-7-5-18(6-8-19)21-9-10-22-15-29-32(3)25(22)14-21/h5-10,14-15,17,20,23,27H,4,11-13,16H2,1-3H3,(H,31,33). The maximum absolute atomic E-state index is 11.7. The van der Waals surface area contributed by atoms with E-state index >= 15 is 0 Å². The van der Waals surface area contributed by atoms with Crippen molar-refractivity contribution in [1.29, 1.82) is 5.53 Å². The van der Waals surface area contributed by atoms with Crippen molar-refractivity contribution >= 4 is 22.5 Å². The number of aliphatic imine (C=N–C) groups is 1. The van der Waals surface area contributed by atoms with Gasteiger partial charge in [-0.05, 0) is 54.9 Å². The molecule has 3 aromatic rings. The van der Waals surface area contributed by atoms with E-state index in [1.807, 2.05) is 24.9 Å². The molecule has 0 spiro atoms. The largest absolute Gasteiger partial charge is 0.353 e. The smallest absolute Gasteiger partial charge is 0.219 e. The summed E-state index contributed by atoms with van der Waals surface area (Å²) in [7, 11) is 1.95. The minimum absolute atomic E-state index is 0.119. The first kappa shape index (κ1) is 22.8. The van der Waals surface area contributed by atoms with Crippen LogP contribution in [0.3, 0.4) is 0 Å². The Hall–Kier alpha value is -3.35. The third kappa shape index (κ3) is 5.18. The molecule has 1 saturated carbocycles. The van der Waals surface area contributed by atoms with Crippen molar-refractivity contribution in [1.82, 2.24) is 15.1 Å². The van der Waals surface area contributed by atoms with Gasteiger partial charge in [0.15, 0.2) is 0 Å². The highest BCUT2D eigenvalue weighted by Crippen LogP contribution is 2.30. The first-order valence-electron chi connectivity index (χ1n) is 11.7. The molecule has 1 aliphatic rings. The number of aryl methyl sites for hydroxylation is 1. The van der Waals surface area contributed by atoms with Crippen LogP contribution in [0.25, 0.3) is 22.0 Å². The Labute approximate surface area is 194 Å². The van der Waals surface area contributed by atoms with Gasteiger partial charge in [-0.2, -0.15) is 10.2 Å². The highest BCUT2D eigenvalue weighted by atomic mass is 16.1. The molecule has 0 aliphatic heterocycles. The second-order valence-corrected chi connectivity index (χ2v) is 8.94. The zero-order valence-electron chi connectivity index (χ0n) is 19.6. The van der Waals surface area contributed by atoms with Gasteiger partial charge in [0.05, 0.1) is 23.5 Å². The summed E-state index contributed by atoms with van der Waals surface area (Å²) in [6.07, 6.45) is 5.41. The van der Waals surface area contributed by atoms with Gasteiger partial charge in [0.1, 0.15) is 6.54 Å². The lowest BCUT2D eigenvalue weighted by molar-refractivity contribution is -0.121. The summed E-state index contributed by atoms with van der Waals surface area (Å²) in [6.45, 7) is 4.29. The van der Waals surface area contributed by atoms with Gasteiger partial charge in [0.2, 0.25) is 5.91 Å². The van der Waals surface area contributed by atoms with Crippen LogP contribution in [0.4, 0.5) is 0 Å². The van der Waals surface area contributed by atoms with Gasteiger partial charge in [-0.1, -0.05) is 43.3 Å². The predicted octanol–water partition coefficient (Wildman–Crippen LogP) is 5.14. The van der Waals surface area contributed by atoms with E-state index in [4.69, 9.17) is 10.5 Å². The molecule has 7 nitrogen and oxygen atoms in total. The summed E-state index contributed by atoms with van der Waals surface area (Å²) >= 11 is 0. The molecule has 0 saturated heterocycles. The van der Waals surface area contributed by atoms with Crippen molar-refractivity contribution in [3.63, 3.8) is 0 Å². The van der Waals surface area contributed by atoms with E-state index in [1.165, 1.54) is 0 Å². The van der Waals surface area contributed by atoms with Gasteiger partial charge in [-0.3, -0.25) is 14.5 Å². The van der Waals surface area contributed by atoms with Crippen molar-refractivity contribution in [3.8, 4) is 11.1 Å². The third-order valence-electron chi connectivity index (χ3n) is 6.73. The molecule has 1 heterocycles. The van der Waals surface area contributed by atoms with Gasteiger partial charge in [-0.15, -0.1) is 0 Å². The molecule has 7 heteroatoms. The number of hydrogen-bond acceptors (Lipinski definition) is 5. The number of hydrogen-bond donors (Lipinski definition) is 2. The predicted molar refractivity (Wildman–Crippen MR) is 132 cm³/mol. The summed E-state index contributed by atoms with van der Waals surface area (Å²) in [5, 5.41) is 12.2. The molecule has 1 aromatic heterocycles. The molecule has 4 rings (SSSR count). The molecule has 1 fully saturated rings. The molecule has 1 amide bonds. The molecular formula is C26H32N6O. The van der Waals surface area contributed by atoms with Crippen LogP contribution in [0.1, 0.15) is 45.1 Å². The summed E-state index contributed by atoms with van der Waals surface area (Å²) in [5.41, 5.74) is 12.6. The lowest BCUT2D eigenvalue weighted by atomic mass is 9.98. The molecule has 2 N–H and O–H groups in total. The van der Waals surface area contributed by atoms with Crippen LogP contribution in [0.5, 0.6) is 0 Å². The molecule has 2 aromatic carbocycles. The number of rotatable bonds is 8. The lowest BCUT2D eigenvalue weighted by Gasteiger charge is -2.18. The fourth-order valence-electron chi connectivity index (χ4n) is 4.73. The average molecular weight is 445 g/mol. The molecule has 3 atom stereocenters. The maximum Gasteiger partial charge on any atom is 0.219 e. The van der Waals surface area contributed by atoms with Crippen LogP contribution in [-0.4, -0.2) is 40.0 Å². The van der Waals surface area contributed by atoms with Crippen LogP contribution in [0.2, 0.25) is 0 Å². The average Bonchev–Trinajstić information content (AvgIpc) is 3.45. The van der Waals surface area contributed by atoms with Crippen molar-refractivity contribution in [2.75, 3.05) is 6.54 Å². The molecule has 0 radical (unpaired) electrons. The van der Waals surface area contributed by atoms with Gasteiger partial charge in [0, 0.05) is 24.9 Å². The minimum Gasteiger partial charge on any atom is -0.353 e. The Morgan fingerprint density at radius 2 is 1.97 bits per heavy atom. The van der Waals surface area contributed by atoms with E-state index in [9.17, 15) is 4.79 Å². The normalized spacial score (nSPS) is 19.5. The molecule has 172 valence electrons. The SMILES string of the molecule is CCC(=O)NC1CCC(C(C)N=C(CN=N)c2ccc(-c3ccc4cnn(C)c4c3)cc2)C1. The van der Waals surface area contributed by atoms with Gasteiger partial charge < -0.3 is 5.32 Å². The number of benzene rings is 2.